The molecule has 0 aliphatic carbocycles. The highest BCUT2D eigenvalue weighted by molar-refractivity contribution is 9.10. The summed E-state index contributed by atoms with van der Waals surface area (Å²) in [5.74, 6) is 0.106. The van der Waals surface area contributed by atoms with Gasteiger partial charge in [0, 0.05) is 36.2 Å². The van der Waals surface area contributed by atoms with Crippen molar-refractivity contribution in [1.29, 1.82) is 0 Å². The molecule has 0 atom stereocenters. The third-order valence-electron chi connectivity index (χ3n) is 4.78. The number of rotatable bonds is 3. The van der Waals surface area contributed by atoms with Gasteiger partial charge in [-0.3, -0.25) is 4.79 Å². The Balaban J connectivity index is 1.44. The number of aryl methyl sites for hydroxylation is 1. The summed E-state index contributed by atoms with van der Waals surface area (Å²) in [7, 11) is 0. The number of hydrogen-bond acceptors (Lipinski definition) is 4. The minimum atomic E-state index is 0.106. The highest BCUT2D eigenvalue weighted by Crippen LogP contribution is 2.30. The number of carbonyl (C=O) groups excluding carboxylic acids is 1. The second-order valence-electron chi connectivity index (χ2n) is 6.44. The van der Waals surface area contributed by atoms with E-state index in [4.69, 9.17) is 4.98 Å². The van der Waals surface area contributed by atoms with Crippen LogP contribution in [0.5, 0.6) is 0 Å². The molecule has 0 radical (unpaired) electrons. The maximum absolute atomic E-state index is 12.6. The molecular weight excluding hydrogens is 410 g/mol. The van der Waals surface area contributed by atoms with E-state index in [1.807, 2.05) is 29.2 Å². The summed E-state index contributed by atoms with van der Waals surface area (Å²) in [5, 5.41) is 1.06. The normalized spacial score (nSPS) is 14.8. The summed E-state index contributed by atoms with van der Waals surface area (Å²) in [5.41, 5.74) is 3.15. The van der Waals surface area contributed by atoms with Crippen LogP contribution >= 0.6 is 27.3 Å². The molecule has 0 bridgehead atoms. The van der Waals surface area contributed by atoms with Crippen molar-refractivity contribution >= 4 is 48.5 Å². The summed E-state index contributed by atoms with van der Waals surface area (Å²) in [6.07, 6.45) is 1.04. The molecule has 0 N–H and O–H groups in total. The van der Waals surface area contributed by atoms with Crippen LogP contribution < -0.4 is 4.90 Å². The molecule has 2 heterocycles. The number of nitrogens with zero attached hydrogens (tertiary/aromatic N) is 3. The van der Waals surface area contributed by atoms with Gasteiger partial charge in [0.1, 0.15) is 0 Å². The summed E-state index contributed by atoms with van der Waals surface area (Å²) in [4.78, 5) is 21.7. The van der Waals surface area contributed by atoms with Crippen LogP contribution in [-0.2, 0) is 6.42 Å². The average Bonchev–Trinajstić information content (AvgIpc) is 3.11. The lowest BCUT2D eigenvalue weighted by Gasteiger charge is -2.34. The molecule has 1 saturated heterocycles. The largest absolute Gasteiger partial charge is 0.345 e. The van der Waals surface area contributed by atoms with Gasteiger partial charge < -0.3 is 9.80 Å². The van der Waals surface area contributed by atoms with Crippen LogP contribution in [0, 0.1) is 0 Å². The van der Waals surface area contributed by atoms with E-state index in [0.717, 1.165) is 53.3 Å². The first-order chi connectivity index (χ1) is 12.6. The molecule has 4 nitrogen and oxygen atoms in total. The molecule has 3 aromatic rings. The predicted octanol–water partition coefficient (Wildman–Crippen LogP) is 4.58. The molecule has 1 aliphatic rings. The number of benzene rings is 2. The molecule has 6 heteroatoms. The van der Waals surface area contributed by atoms with Crippen molar-refractivity contribution in [2.75, 3.05) is 31.1 Å². The van der Waals surface area contributed by atoms with E-state index in [0.29, 0.717) is 0 Å². The standard InChI is InChI=1S/C20H20BrN3OS/c1-2-14-3-8-17-18(13-14)26-20(22-17)24-11-9-23(10-12-24)19(25)15-4-6-16(21)7-5-15/h3-8,13H,2,9-12H2,1H3. The summed E-state index contributed by atoms with van der Waals surface area (Å²) in [6, 6.07) is 14.1. The highest BCUT2D eigenvalue weighted by Gasteiger charge is 2.23. The fourth-order valence-corrected chi connectivity index (χ4v) is 4.53. The van der Waals surface area contributed by atoms with E-state index in [-0.39, 0.29) is 5.91 Å². The lowest BCUT2D eigenvalue weighted by Crippen LogP contribution is -2.48. The molecule has 1 fully saturated rings. The van der Waals surface area contributed by atoms with Gasteiger partial charge in [0.15, 0.2) is 5.13 Å². The number of fused-ring (bicyclic) bond motifs is 1. The number of halogens is 1. The van der Waals surface area contributed by atoms with Gasteiger partial charge in [-0.15, -0.1) is 0 Å². The molecule has 1 aliphatic heterocycles. The summed E-state index contributed by atoms with van der Waals surface area (Å²) < 4.78 is 2.23. The van der Waals surface area contributed by atoms with Crippen molar-refractivity contribution in [2.24, 2.45) is 0 Å². The van der Waals surface area contributed by atoms with Crippen molar-refractivity contribution in [2.45, 2.75) is 13.3 Å². The Labute approximate surface area is 165 Å². The van der Waals surface area contributed by atoms with Gasteiger partial charge in [-0.25, -0.2) is 4.98 Å². The lowest BCUT2D eigenvalue weighted by molar-refractivity contribution is 0.0747. The van der Waals surface area contributed by atoms with Gasteiger partial charge in [-0.2, -0.15) is 0 Å². The minimum absolute atomic E-state index is 0.106. The van der Waals surface area contributed by atoms with Crippen LogP contribution in [0.2, 0.25) is 0 Å². The number of aromatic nitrogens is 1. The van der Waals surface area contributed by atoms with Crippen LogP contribution in [0.3, 0.4) is 0 Å². The third-order valence-corrected chi connectivity index (χ3v) is 6.39. The molecule has 26 heavy (non-hydrogen) atoms. The molecule has 134 valence electrons. The molecule has 0 saturated carbocycles. The Kier molecular flexibility index (Phi) is 4.96. The maximum Gasteiger partial charge on any atom is 0.253 e. The van der Waals surface area contributed by atoms with E-state index < -0.39 is 0 Å². The first-order valence-corrected chi connectivity index (χ1v) is 10.4. The van der Waals surface area contributed by atoms with Crippen molar-refractivity contribution in [1.82, 2.24) is 9.88 Å². The highest BCUT2D eigenvalue weighted by atomic mass is 79.9. The zero-order valence-electron chi connectivity index (χ0n) is 14.6. The van der Waals surface area contributed by atoms with E-state index in [9.17, 15) is 4.79 Å². The second kappa shape index (κ2) is 7.37. The number of thiazole rings is 1. The van der Waals surface area contributed by atoms with E-state index in [1.54, 1.807) is 11.3 Å². The third kappa shape index (κ3) is 3.48. The fourth-order valence-electron chi connectivity index (χ4n) is 3.19. The quantitative estimate of drug-likeness (QED) is 0.610. The molecule has 1 aromatic heterocycles. The summed E-state index contributed by atoms with van der Waals surface area (Å²) >= 11 is 5.16. The lowest BCUT2D eigenvalue weighted by atomic mass is 10.2. The van der Waals surface area contributed by atoms with Gasteiger partial charge in [-0.05, 0) is 48.4 Å². The average molecular weight is 430 g/mol. The zero-order chi connectivity index (χ0) is 18.1. The Morgan fingerprint density at radius 3 is 2.54 bits per heavy atom. The second-order valence-corrected chi connectivity index (χ2v) is 8.36. The summed E-state index contributed by atoms with van der Waals surface area (Å²) in [6.45, 7) is 5.27. The number of carbonyl (C=O) groups is 1. The molecule has 1 amide bonds. The smallest absolute Gasteiger partial charge is 0.253 e. The topological polar surface area (TPSA) is 36.4 Å². The van der Waals surface area contributed by atoms with Crippen molar-refractivity contribution < 1.29 is 4.79 Å². The van der Waals surface area contributed by atoms with Gasteiger partial charge in [0.05, 0.1) is 10.2 Å². The first kappa shape index (κ1) is 17.5. The predicted molar refractivity (Wildman–Crippen MR) is 111 cm³/mol. The Bertz CT molecular complexity index is 930. The molecule has 0 unspecified atom stereocenters. The van der Waals surface area contributed by atoms with Crippen LogP contribution in [0.25, 0.3) is 10.2 Å². The van der Waals surface area contributed by atoms with Crippen LogP contribution in [0.1, 0.15) is 22.8 Å². The Morgan fingerprint density at radius 2 is 1.85 bits per heavy atom. The van der Waals surface area contributed by atoms with E-state index >= 15 is 0 Å². The van der Waals surface area contributed by atoms with Crippen molar-refractivity contribution in [3.05, 3.63) is 58.1 Å². The number of piperazine rings is 1. The first-order valence-electron chi connectivity index (χ1n) is 8.83. The Morgan fingerprint density at radius 1 is 1.12 bits per heavy atom. The van der Waals surface area contributed by atoms with Gasteiger partial charge in [0.2, 0.25) is 0 Å². The van der Waals surface area contributed by atoms with Crippen LogP contribution in [0.4, 0.5) is 5.13 Å². The van der Waals surface area contributed by atoms with E-state index in [2.05, 4.69) is 46.0 Å². The van der Waals surface area contributed by atoms with Gasteiger partial charge in [-0.1, -0.05) is 40.3 Å². The minimum Gasteiger partial charge on any atom is -0.345 e. The van der Waals surface area contributed by atoms with Crippen LogP contribution in [-0.4, -0.2) is 42.0 Å². The number of amides is 1. The number of hydrogen-bond donors (Lipinski definition) is 0. The fraction of sp³-hybridized carbons (Fsp3) is 0.300. The van der Waals surface area contributed by atoms with Gasteiger partial charge in [0.25, 0.3) is 5.91 Å². The molecule has 2 aromatic carbocycles. The van der Waals surface area contributed by atoms with Crippen molar-refractivity contribution in [3.63, 3.8) is 0 Å². The monoisotopic (exact) mass is 429 g/mol. The number of anilines is 1. The van der Waals surface area contributed by atoms with Crippen LogP contribution in [0.15, 0.2) is 46.9 Å². The molecular formula is C20H20BrN3OS. The van der Waals surface area contributed by atoms with Crippen molar-refractivity contribution in [3.8, 4) is 0 Å². The Hall–Kier alpha value is -1.92. The SMILES string of the molecule is CCc1ccc2nc(N3CCN(C(=O)c4ccc(Br)cc4)CC3)sc2c1. The van der Waals surface area contributed by atoms with E-state index in [1.165, 1.54) is 10.3 Å². The molecule has 0 spiro atoms. The zero-order valence-corrected chi connectivity index (χ0v) is 17.0. The maximum atomic E-state index is 12.6. The molecule has 4 rings (SSSR count). The van der Waals surface area contributed by atoms with Gasteiger partial charge >= 0.3 is 0 Å².